The quantitative estimate of drug-likeness (QED) is 0.0389. The molecule has 11 nitrogen and oxygen atoms in total. The normalized spacial score (nSPS) is 10.7. The largest absolute Gasteiger partial charge is 2.00 e. The van der Waals surface area contributed by atoms with Crippen molar-refractivity contribution < 1.29 is 41.2 Å². The number of aromatic nitrogens is 7. The van der Waals surface area contributed by atoms with E-state index in [4.69, 9.17) is 43.3 Å². The summed E-state index contributed by atoms with van der Waals surface area (Å²) < 4.78 is 1.08. The first-order chi connectivity index (χ1) is 56.4. The molecule has 0 amide bonds. The SMILES string of the molecule is CC(C)c1ccnc(-c2[c-]c(-c3ccccc3-c3[c-]c(-c4cc(C(C)C)ccn4)ccc3)ccc2)c1.CC(C)c1ccnc(-c2cccc(-c3ccccc3-c3cccc(-c4cc(C(C)C)ccn4)c3)c2)c1.CC(C)c1ccnc(-c2cccc(Br)c2)c1.CC(C)c1ccnc(Cl)c1.Clc1ccccn1.OB(O)c1ccccc1B(O)O.[Pt+2]. The fourth-order valence-corrected chi connectivity index (χ4v) is 13.4. The van der Waals surface area contributed by atoms with Gasteiger partial charge in [0.05, 0.1) is 17.1 Å². The molecule has 4 N–H and O–H groups in total. The van der Waals surface area contributed by atoms with Crippen LogP contribution >= 0.6 is 39.1 Å². The van der Waals surface area contributed by atoms with E-state index in [9.17, 15) is 0 Å². The van der Waals surface area contributed by atoms with Gasteiger partial charge in [-0.1, -0.05) is 273 Å². The minimum absolute atomic E-state index is 0. The summed E-state index contributed by atoms with van der Waals surface area (Å²) in [5.41, 5.74) is 27.4. The van der Waals surface area contributed by atoms with Crippen molar-refractivity contribution in [3.8, 4) is 101 Å². The number of hydrogen-bond donors (Lipinski definition) is 4. The van der Waals surface area contributed by atoms with E-state index in [1.807, 2.05) is 67.4 Å². The van der Waals surface area contributed by atoms with Gasteiger partial charge in [-0.2, -0.15) is 0 Å². The molecule has 0 radical (unpaired) electrons. The first kappa shape index (κ1) is 91.4. The molecule has 0 saturated heterocycles. The van der Waals surface area contributed by atoms with Crippen molar-refractivity contribution in [3.63, 3.8) is 0 Å². The average Bonchev–Trinajstić information content (AvgIpc) is 0.795. The topological polar surface area (TPSA) is 171 Å². The van der Waals surface area contributed by atoms with Gasteiger partial charge in [0.25, 0.3) is 0 Å². The van der Waals surface area contributed by atoms with Crippen LogP contribution in [0, 0.1) is 12.1 Å². The van der Waals surface area contributed by atoms with E-state index in [0.717, 1.165) is 83.0 Å². The Bertz CT molecular complexity index is 5210. The van der Waals surface area contributed by atoms with Crippen LogP contribution in [0.3, 0.4) is 0 Å². The van der Waals surface area contributed by atoms with Crippen molar-refractivity contribution in [2.45, 2.75) is 119 Å². The Morgan fingerprint density at radius 1 is 0.263 bits per heavy atom. The molecule has 0 aliphatic carbocycles. The van der Waals surface area contributed by atoms with Crippen LogP contribution < -0.4 is 10.9 Å². The van der Waals surface area contributed by atoms with Crippen LogP contribution in [0.5, 0.6) is 0 Å². The van der Waals surface area contributed by atoms with Crippen LogP contribution in [-0.4, -0.2) is 69.2 Å². The maximum atomic E-state index is 8.79. The summed E-state index contributed by atoms with van der Waals surface area (Å²) in [5.74, 6) is 2.91. The summed E-state index contributed by atoms with van der Waals surface area (Å²) in [6, 6.07) is 99.2. The summed E-state index contributed by atoms with van der Waals surface area (Å²) >= 11 is 14.6. The molecular formula is C101H98B2BrCl2N7O4Pt. The predicted octanol–water partition coefficient (Wildman–Crippen LogP) is 24.7. The molecule has 8 aromatic carbocycles. The third kappa shape index (κ3) is 26.5. The Balaban J connectivity index is 0.000000178. The average molecular weight is 1840 g/mol. The monoisotopic (exact) mass is 1840 g/mol. The molecule has 598 valence electrons. The standard InChI is InChI=1S/C34H32N2.C34H30N2.C14H14BrN.C8H10ClN.C6H8B2O4.C5H4ClN.Pt/c2*1-23(2)25-15-17-35-33(21-25)29-11-7-9-27(19-29)31-13-5-6-14-32(31)28-10-8-12-30(20-28)34-22-26(24(3)4)16-18-36-34;1-10(2)11-6-7-16-14(9-11)12-4-3-5-13(15)8-12;1-6(2)7-3-4-10-8(9)5-7;9-7(10)5-3-1-2-4-6(5)8(11)12;6-5-3-1-2-4-7-5;/h5-24H,1-4H3;5-18,21-24H,1-4H3;3-10H,1-2H3;3-6H,1-2H3;1-4,9-12H;1-4H;/q;-2;;;;;+2. The minimum atomic E-state index is -1.68. The molecule has 0 aliphatic rings. The number of benzene rings is 8. The van der Waals surface area contributed by atoms with Crippen LogP contribution in [0.1, 0.15) is 152 Å². The van der Waals surface area contributed by atoms with Crippen LogP contribution in [0.2, 0.25) is 10.3 Å². The molecule has 0 saturated carbocycles. The second-order valence-electron chi connectivity index (χ2n) is 30.0. The molecule has 15 aromatic rings. The number of rotatable bonds is 17. The molecule has 118 heavy (non-hydrogen) atoms. The zero-order chi connectivity index (χ0) is 83.5. The van der Waals surface area contributed by atoms with E-state index in [2.05, 4.69) is 352 Å². The van der Waals surface area contributed by atoms with Gasteiger partial charge in [-0.05, 0) is 199 Å². The summed E-state index contributed by atoms with van der Waals surface area (Å²) in [5, 5.41) is 36.3. The van der Waals surface area contributed by atoms with E-state index >= 15 is 0 Å². The van der Waals surface area contributed by atoms with E-state index in [1.54, 1.807) is 30.6 Å². The Labute approximate surface area is 730 Å². The molecule has 0 fully saturated rings. The molecule has 0 unspecified atom stereocenters. The first-order valence-electron chi connectivity index (χ1n) is 39.4. The third-order valence-electron chi connectivity index (χ3n) is 19.5. The van der Waals surface area contributed by atoms with Crippen molar-refractivity contribution >= 4 is 64.3 Å². The van der Waals surface area contributed by atoms with E-state index in [1.165, 1.54) is 67.8 Å². The van der Waals surface area contributed by atoms with Gasteiger partial charge < -0.3 is 20.1 Å². The molecule has 7 aromatic heterocycles. The Hall–Kier alpha value is -10.5. The molecular weight excluding hydrogens is 1740 g/mol. The summed E-state index contributed by atoms with van der Waals surface area (Å²) in [6.07, 6.45) is 12.9. The third-order valence-corrected chi connectivity index (χ3v) is 20.4. The van der Waals surface area contributed by atoms with Gasteiger partial charge in [-0.25, -0.2) is 9.97 Å². The number of halogens is 3. The maximum absolute atomic E-state index is 8.79. The van der Waals surface area contributed by atoms with Gasteiger partial charge in [0, 0.05) is 75.9 Å². The van der Waals surface area contributed by atoms with Gasteiger partial charge in [-0.3, -0.25) is 24.9 Å². The fraction of sp³-hybridized carbons (Fsp3) is 0.178. The van der Waals surface area contributed by atoms with E-state index in [0.29, 0.717) is 45.8 Å². The summed E-state index contributed by atoms with van der Waals surface area (Å²) in [4.78, 5) is 30.6. The second kappa shape index (κ2) is 45.5. The minimum Gasteiger partial charge on any atom is -0.423 e. The van der Waals surface area contributed by atoms with Crippen molar-refractivity contribution in [3.05, 3.63) is 377 Å². The first-order valence-corrected chi connectivity index (χ1v) is 40.9. The molecule has 0 atom stereocenters. The predicted molar refractivity (Wildman–Crippen MR) is 492 cm³/mol. The van der Waals surface area contributed by atoms with E-state index < -0.39 is 14.2 Å². The van der Waals surface area contributed by atoms with Crippen LogP contribution in [0.4, 0.5) is 0 Å². The van der Waals surface area contributed by atoms with Crippen LogP contribution in [-0.2, 0) is 21.1 Å². The number of pyridine rings is 7. The van der Waals surface area contributed by atoms with Crippen molar-refractivity contribution in [2.24, 2.45) is 0 Å². The summed E-state index contributed by atoms with van der Waals surface area (Å²) in [6.45, 7) is 26.3. The molecule has 15 rings (SSSR count). The van der Waals surface area contributed by atoms with Crippen LogP contribution in [0.25, 0.3) is 101 Å². The van der Waals surface area contributed by atoms with Gasteiger partial charge >= 0.3 is 35.3 Å². The smallest absolute Gasteiger partial charge is 0.423 e. The van der Waals surface area contributed by atoms with Crippen LogP contribution in [0.15, 0.2) is 321 Å². The molecule has 0 spiro atoms. The van der Waals surface area contributed by atoms with Crippen molar-refractivity contribution in [1.82, 2.24) is 34.9 Å². The number of nitrogens with zero attached hydrogens (tertiary/aromatic N) is 7. The van der Waals surface area contributed by atoms with Crippen molar-refractivity contribution in [2.75, 3.05) is 0 Å². The van der Waals surface area contributed by atoms with Gasteiger partial charge in [0.2, 0.25) is 0 Å². The molecule has 17 heteroatoms. The molecule has 7 heterocycles. The Morgan fingerprint density at radius 3 is 0.873 bits per heavy atom. The van der Waals surface area contributed by atoms with Gasteiger partial charge in [0.1, 0.15) is 10.3 Å². The van der Waals surface area contributed by atoms with Gasteiger partial charge in [0.15, 0.2) is 0 Å². The number of hydrogen-bond acceptors (Lipinski definition) is 11. The Morgan fingerprint density at radius 2 is 0.551 bits per heavy atom. The molecule has 0 bridgehead atoms. The molecule has 0 aliphatic heterocycles. The fourth-order valence-electron chi connectivity index (χ4n) is 12.7. The van der Waals surface area contributed by atoms with Crippen molar-refractivity contribution in [1.29, 1.82) is 0 Å². The summed E-state index contributed by atoms with van der Waals surface area (Å²) in [7, 11) is -3.36. The zero-order valence-corrected chi connectivity index (χ0v) is 73.9. The Kier molecular flexibility index (Phi) is 35.2. The van der Waals surface area contributed by atoms with Gasteiger partial charge in [-0.15, -0.1) is 70.8 Å². The second-order valence-corrected chi connectivity index (χ2v) is 31.7. The zero-order valence-electron chi connectivity index (χ0n) is 68.5. The maximum Gasteiger partial charge on any atom is 2.00 e. The van der Waals surface area contributed by atoms with E-state index in [-0.39, 0.29) is 32.0 Å².